The Kier molecular flexibility index (Phi) is 8.16. The maximum absolute atomic E-state index is 5.32. The molecule has 0 amide bonds. The van der Waals surface area contributed by atoms with Gasteiger partial charge in [-0.2, -0.15) is 0 Å². The summed E-state index contributed by atoms with van der Waals surface area (Å²) in [5, 5.41) is 8.65. The molecule has 0 unspecified atom stereocenters. The zero-order valence-electron chi connectivity index (χ0n) is 37.9. The molecule has 15 rings (SSSR count). The van der Waals surface area contributed by atoms with E-state index >= 15 is 0 Å². The summed E-state index contributed by atoms with van der Waals surface area (Å²) in [7, 11) is 0. The van der Waals surface area contributed by atoms with Crippen LogP contribution < -0.4 is 4.90 Å². The topological polar surface area (TPSA) is 20.5 Å². The maximum atomic E-state index is 5.32. The Balaban J connectivity index is 0.939. The average molecular weight is 916 g/mol. The second-order valence-electron chi connectivity index (χ2n) is 19.1. The molecule has 0 atom stereocenters. The van der Waals surface area contributed by atoms with Crippen LogP contribution in [0, 0.1) is 0 Å². The summed E-state index contributed by atoms with van der Waals surface area (Å²) in [5.41, 5.74) is 19.5. The molecule has 4 aromatic heterocycles. The third kappa shape index (κ3) is 5.57. The SMILES string of the molecule is CC1(C)c2ccccc2-c2ccc(N(c3ccc(-c4cccc5c4sc4c(-c6ccccc6)cccc45)cc3)c3ccc4c(c3)c3c5sc(-c6ccccc6)nc5cc5c6ccccc6n4c53)cc21. The molecule has 69 heavy (non-hydrogen) atoms. The molecule has 0 aliphatic heterocycles. The summed E-state index contributed by atoms with van der Waals surface area (Å²) >= 11 is 3.71. The van der Waals surface area contributed by atoms with Crippen molar-refractivity contribution in [2.75, 3.05) is 4.90 Å². The number of para-hydroxylation sites is 1. The lowest BCUT2D eigenvalue weighted by molar-refractivity contribution is 0.660. The van der Waals surface area contributed by atoms with Gasteiger partial charge in [-0.05, 0) is 99.1 Å². The second kappa shape index (κ2) is 14.5. The highest BCUT2D eigenvalue weighted by Gasteiger charge is 2.36. The van der Waals surface area contributed by atoms with Gasteiger partial charge in [0.1, 0.15) is 5.01 Å². The van der Waals surface area contributed by atoms with E-state index in [-0.39, 0.29) is 5.41 Å². The zero-order chi connectivity index (χ0) is 45.5. The quantitative estimate of drug-likeness (QED) is 0.166. The van der Waals surface area contributed by atoms with Crippen LogP contribution in [0.2, 0.25) is 0 Å². The van der Waals surface area contributed by atoms with Crippen molar-refractivity contribution in [3.05, 3.63) is 223 Å². The van der Waals surface area contributed by atoms with Crippen LogP contribution in [0.3, 0.4) is 0 Å². The number of benzene rings is 10. The van der Waals surface area contributed by atoms with E-state index < -0.39 is 0 Å². The monoisotopic (exact) mass is 915 g/mol. The van der Waals surface area contributed by atoms with Crippen LogP contribution in [0.15, 0.2) is 212 Å². The Hall–Kier alpha value is -8.09. The zero-order valence-corrected chi connectivity index (χ0v) is 39.5. The van der Waals surface area contributed by atoms with Gasteiger partial charge in [0.25, 0.3) is 0 Å². The normalized spacial score (nSPS) is 13.2. The minimum absolute atomic E-state index is 0.146. The Labute approximate surface area is 406 Å². The number of rotatable bonds is 6. The van der Waals surface area contributed by atoms with Gasteiger partial charge in [-0.25, -0.2) is 4.98 Å². The van der Waals surface area contributed by atoms with Gasteiger partial charge in [0.15, 0.2) is 0 Å². The molecule has 0 spiro atoms. The van der Waals surface area contributed by atoms with Crippen LogP contribution >= 0.6 is 22.7 Å². The van der Waals surface area contributed by atoms with Crippen molar-refractivity contribution in [2.45, 2.75) is 19.3 Å². The van der Waals surface area contributed by atoms with E-state index in [1.54, 1.807) is 11.3 Å². The molecular weight excluding hydrogens is 875 g/mol. The molecular formula is C64H41N3S2. The molecule has 0 radical (unpaired) electrons. The summed E-state index contributed by atoms with van der Waals surface area (Å²) in [6.07, 6.45) is 0. The van der Waals surface area contributed by atoms with Crippen molar-refractivity contribution < 1.29 is 0 Å². The number of aromatic nitrogens is 2. The Morgan fingerprint density at radius 3 is 1.75 bits per heavy atom. The lowest BCUT2D eigenvalue weighted by Gasteiger charge is -2.28. The van der Waals surface area contributed by atoms with Gasteiger partial charge >= 0.3 is 0 Å². The highest BCUT2D eigenvalue weighted by molar-refractivity contribution is 7.27. The fourth-order valence-corrected chi connectivity index (χ4v) is 14.2. The molecule has 0 fully saturated rings. The van der Waals surface area contributed by atoms with Crippen molar-refractivity contribution in [1.29, 1.82) is 0 Å². The largest absolute Gasteiger partial charge is 0.310 e. The first-order valence-corrected chi connectivity index (χ1v) is 25.3. The molecule has 0 N–H and O–H groups in total. The lowest BCUT2D eigenvalue weighted by Crippen LogP contribution is -2.16. The molecule has 0 saturated heterocycles. The van der Waals surface area contributed by atoms with Crippen molar-refractivity contribution in [3.63, 3.8) is 0 Å². The number of anilines is 3. The molecule has 14 aromatic rings. The van der Waals surface area contributed by atoms with Crippen LogP contribution in [0.1, 0.15) is 25.0 Å². The van der Waals surface area contributed by atoms with Crippen LogP contribution in [0.25, 0.3) is 112 Å². The average Bonchev–Trinajstić information content (AvgIpc) is 4.21. The van der Waals surface area contributed by atoms with E-state index in [4.69, 9.17) is 4.98 Å². The fourth-order valence-electron chi connectivity index (χ4n) is 11.7. The molecule has 5 heteroatoms. The molecule has 1 aliphatic rings. The van der Waals surface area contributed by atoms with Gasteiger partial charge in [0, 0.05) is 69.8 Å². The fraction of sp³-hybridized carbons (Fsp3) is 0.0469. The van der Waals surface area contributed by atoms with Crippen LogP contribution in [0.5, 0.6) is 0 Å². The standard InChI is InChI=1S/C64H41N3S2/c1-64(2)53-25-11-9-19-46(53)47-33-31-43(36-54(47)64)66(41-29-27-39(28-30-41)45-22-14-24-50-49-23-13-21-44(60(49)68-61(45)50)38-15-5-3-6-16-38)42-32-34-57-52(35-42)58-59-51(48-20-10-12-26-56(48)67(57)59)37-55-62(58)69-63(65-55)40-17-7-4-8-18-40/h3-37H,1-2H3. The minimum atomic E-state index is -0.146. The van der Waals surface area contributed by atoms with Crippen molar-refractivity contribution in [1.82, 2.24) is 9.38 Å². The van der Waals surface area contributed by atoms with E-state index in [9.17, 15) is 0 Å². The highest BCUT2D eigenvalue weighted by Crippen LogP contribution is 2.52. The van der Waals surface area contributed by atoms with Crippen LogP contribution in [0.4, 0.5) is 17.1 Å². The molecule has 3 nitrogen and oxygen atoms in total. The molecule has 10 aromatic carbocycles. The van der Waals surface area contributed by atoms with Gasteiger partial charge in [-0.15, -0.1) is 22.7 Å². The smallest absolute Gasteiger partial charge is 0.124 e. The first kappa shape index (κ1) is 39.0. The van der Waals surface area contributed by atoms with Crippen molar-refractivity contribution >= 4 is 108 Å². The van der Waals surface area contributed by atoms with Gasteiger partial charge in [0.05, 0.1) is 26.8 Å². The molecule has 0 saturated carbocycles. The summed E-state index contributed by atoms with van der Waals surface area (Å²) in [6, 6.07) is 78.5. The highest BCUT2D eigenvalue weighted by atomic mass is 32.1. The Bertz CT molecular complexity index is 4390. The minimum Gasteiger partial charge on any atom is -0.310 e. The maximum Gasteiger partial charge on any atom is 0.124 e. The van der Waals surface area contributed by atoms with Gasteiger partial charge in [-0.1, -0.05) is 172 Å². The van der Waals surface area contributed by atoms with E-state index in [2.05, 4.69) is 235 Å². The number of hydrogen-bond donors (Lipinski definition) is 0. The predicted molar refractivity (Wildman–Crippen MR) is 296 cm³/mol. The first-order valence-electron chi connectivity index (χ1n) is 23.7. The third-order valence-corrected chi connectivity index (χ3v) is 17.4. The third-order valence-electron chi connectivity index (χ3n) is 15.0. The molecule has 1 aliphatic carbocycles. The van der Waals surface area contributed by atoms with Gasteiger partial charge in [0.2, 0.25) is 0 Å². The van der Waals surface area contributed by atoms with Gasteiger partial charge in [-0.3, -0.25) is 0 Å². The van der Waals surface area contributed by atoms with Crippen LogP contribution in [-0.2, 0) is 5.41 Å². The number of thiazole rings is 1. The first-order chi connectivity index (χ1) is 34.0. The summed E-state index contributed by atoms with van der Waals surface area (Å²) in [4.78, 5) is 7.80. The molecule has 324 valence electrons. The number of nitrogens with zero attached hydrogens (tertiary/aromatic N) is 3. The number of thiophene rings is 1. The van der Waals surface area contributed by atoms with Crippen molar-refractivity contribution in [3.8, 4) is 44.0 Å². The Morgan fingerprint density at radius 2 is 0.986 bits per heavy atom. The van der Waals surface area contributed by atoms with E-state index in [0.717, 1.165) is 33.1 Å². The van der Waals surface area contributed by atoms with Crippen molar-refractivity contribution in [2.24, 2.45) is 0 Å². The van der Waals surface area contributed by atoms with E-state index in [1.807, 2.05) is 11.3 Å². The lowest BCUT2D eigenvalue weighted by atomic mass is 9.82. The predicted octanol–water partition coefficient (Wildman–Crippen LogP) is 18.6. The molecule has 0 bridgehead atoms. The number of fused-ring (bicyclic) bond motifs is 14. The summed E-state index contributed by atoms with van der Waals surface area (Å²) in [5.74, 6) is 0. The second-order valence-corrected chi connectivity index (χ2v) is 21.1. The van der Waals surface area contributed by atoms with Gasteiger partial charge < -0.3 is 9.30 Å². The summed E-state index contributed by atoms with van der Waals surface area (Å²) in [6.45, 7) is 4.74. The van der Waals surface area contributed by atoms with E-state index in [0.29, 0.717) is 0 Å². The van der Waals surface area contributed by atoms with E-state index in [1.165, 1.54) is 107 Å². The Morgan fingerprint density at radius 1 is 0.406 bits per heavy atom. The van der Waals surface area contributed by atoms with Crippen LogP contribution in [-0.4, -0.2) is 9.38 Å². The molecule has 4 heterocycles. The number of hydrogen-bond acceptors (Lipinski definition) is 4. The summed E-state index contributed by atoms with van der Waals surface area (Å²) < 4.78 is 6.36.